The number of hydrogen-bond donors (Lipinski definition) is 2. The van der Waals surface area contributed by atoms with Crippen LogP contribution in [0.2, 0.25) is 0 Å². The van der Waals surface area contributed by atoms with Crippen molar-refractivity contribution in [2.75, 3.05) is 6.61 Å². The molecule has 1 aliphatic carbocycles. The number of halogens is 1. The number of rotatable bonds is 7. The van der Waals surface area contributed by atoms with E-state index in [0.717, 1.165) is 11.3 Å². The summed E-state index contributed by atoms with van der Waals surface area (Å²) < 4.78 is 24.0. The molecular formula is C21H23FN2O4. The summed E-state index contributed by atoms with van der Waals surface area (Å²) in [5.41, 5.74) is 4.89. The van der Waals surface area contributed by atoms with Gasteiger partial charge in [-0.15, -0.1) is 0 Å². The number of carbonyl (C=O) groups excluding carboxylic acids is 2. The van der Waals surface area contributed by atoms with Crippen LogP contribution in [-0.2, 0) is 15.0 Å². The minimum absolute atomic E-state index is 0.319. The fourth-order valence-corrected chi connectivity index (χ4v) is 2.92. The number of benzene rings is 2. The van der Waals surface area contributed by atoms with Crippen molar-refractivity contribution in [2.24, 2.45) is 0 Å². The molecule has 2 amide bonds. The third-order valence-electron chi connectivity index (χ3n) is 4.70. The highest BCUT2D eigenvalue weighted by atomic mass is 19.1. The van der Waals surface area contributed by atoms with Gasteiger partial charge in [-0.2, -0.15) is 0 Å². The summed E-state index contributed by atoms with van der Waals surface area (Å²) in [6.45, 7) is 4.05. The van der Waals surface area contributed by atoms with Gasteiger partial charge in [-0.3, -0.25) is 20.4 Å². The maximum atomic E-state index is 13.1. The van der Waals surface area contributed by atoms with Gasteiger partial charge in [0.25, 0.3) is 5.91 Å². The monoisotopic (exact) mass is 386 g/mol. The Hall–Kier alpha value is -3.09. The molecule has 6 nitrogen and oxygen atoms in total. The average molecular weight is 386 g/mol. The largest absolute Gasteiger partial charge is 0.494 e. The Balaban J connectivity index is 1.51. The van der Waals surface area contributed by atoms with Crippen LogP contribution in [0.4, 0.5) is 4.39 Å². The van der Waals surface area contributed by atoms with E-state index in [2.05, 4.69) is 10.9 Å². The fraction of sp³-hybridized carbons (Fsp3) is 0.333. The molecule has 1 saturated carbocycles. The molecule has 7 heteroatoms. The van der Waals surface area contributed by atoms with Gasteiger partial charge < -0.3 is 9.47 Å². The van der Waals surface area contributed by atoms with Crippen LogP contribution in [0.3, 0.4) is 0 Å². The summed E-state index contributed by atoms with van der Waals surface area (Å²) in [6, 6.07) is 12.8. The van der Waals surface area contributed by atoms with Gasteiger partial charge in [-0.25, -0.2) is 4.39 Å². The van der Waals surface area contributed by atoms with Gasteiger partial charge in [0.2, 0.25) is 5.91 Å². The molecule has 1 atom stereocenters. The van der Waals surface area contributed by atoms with Crippen molar-refractivity contribution in [3.05, 3.63) is 59.9 Å². The highest BCUT2D eigenvalue weighted by molar-refractivity contribution is 5.93. The number of ether oxygens (including phenoxy) is 2. The molecule has 0 saturated heterocycles. The van der Waals surface area contributed by atoms with Crippen molar-refractivity contribution < 1.29 is 23.5 Å². The molecule has 1 unspecified atom stereocenters. The van der Waals surface area contributed by atoms with Gasteiger partial charge >= 0.3 is 0 Å². The maximum Gasteiger partial charge on any atom is 0.279 e. The van der Waals surface area contributed by atoms with Gasteiger partial charge in [0.15, 0.2) is 6.10 Å². The van der Waals surface area contributed by atoms with Crippen LogP contribution in [0, 0.1) is 5.82 Å². The second kappa shape index (κ2) is 8.29. The van der Waals surface area contributed by atoms with Gasteiger partial charge in [-0.1, -0.05) is 12.1 Å². The first-order chi connectivity index (χ1) is 13.4. The molecule has 0 spiro atoms. The molecule has 1 fully saturated rings. The Bertz CT molecular complexity index is 832. The lowest BCUT2D eigenvalue weighted by Gasteiger charge is -2.18. The van der Waals surface area contributed by atoms with Crippen LogP contribution in [-0.4, -0.2) is 24.5 Å². The Labute approximate surface area is 163 Å². The molecule has 0 heterocycles. The predicted molar refractivity (Wildman–Crippen MR) is 101 cm³/mol. The van der Waals surface area contributed by atoms with Crippen LogP contribution >= 0.6 is 0 Å². The van der Waals surface area contributed by atoms with Crippen molar-refractivity contribution in [1.29, 1.82) is 0 Å². The van der Waals surface area contributed by atoms with E-state index in [0.29, 0.717) is 25.2 Å². The summed E-state index contributed by atoms with van der Waals surface area (Å²) in [7, 11) is 0. The van der Waals surface area contributed by atoms with E-state index < -0.39 is 17.4 Å². The number of nitrogens with one attached hydrogen (secondary N) is 2. The quantitative estimate of drug-likeness (QED) is 0.718. The Morgan fingerprint density at radius 3 is 2.21 bits per heavy atom. The SMILES string of the molecule is CCOc1ccc(OC(C)C(=O)NNC(=O)C2(c3ccc(F)cc3)CC2)cc1. The zero-order valence-corrected chi connectivity index (χ0v) is 15.8. The Morgan fingerprint density at radius 2 is 1.64 bits per heavy atom. The molecular weight excluding hydrogens is 363 g/mol. The van der Waals surface area contributed by atoms with Crippen molar-refractivity contribution in [1.82, 2.24) is 10.9 Å². The second-order valence-electron chi connectivity index (χ2n) is 6.70. The molecule has 148 valence electrons. The molecule has 2 aromatic rings. The van der Waals surface area contributed by atoms with Gasteiger partial charge in [-0.05, 0) is 68.7 Å². The number of carbonyl (C=O) groups is 2. The smallest absolute Gasteiger partial charge is 0.279 e. The van der Waals surface area contributed by atoms with E-state index in [4.69, 9.17) is 9.47 Å². The van der Waals surface area contributed by atoms with Crippen LogP contribution < -0.4 is 20.3 Å². The molecule has 0 bridgehead atoms. The summed E-state index contributed by atoms with van der Waals surface area (Å²) in [4.78, 5) is 24.7. The van der Waals surface area contributed by atoms with Gasteiger partial charge in [0.1, 0.15) is 17.3 Å². The summed E-state index contributed by atoms with van der Waals surface area (Å²) in [5.74, 6) is 0.0866. The van der Waals surface area contributed by atoms with Crippen LogP contribution in [0.1, 0.15) is 32.3 Å². The van der Waals surface area contributed by atoms with Crippen LogP contribution in [0.15, 0.2) is 48.5 Å². The zero-order valence-electron chi connectivity index (χ0n) is 15.8. The minimum atomic E-state index is -0.806. The fourth-order valence-electron chi connectivity index (χ4n) is 2.92. The Morgan fingerprint density at radius 1 is 1.04 bits per heavy atom. The first-order valence-electron chi connectivity index (χ1n) is 9.20. The summed E-state index contributed by atoms with van der Waals surface area (Å²) in [6.07, 6.45) is 0.496. The third-order valence-corrected chi connectivity index (χ3v) is 4.70. The molecule has 0 aliphatic heterocycles. The molecule has 1 aliphatic rings. The lowest BCUT2D eigenvalue weighted by atomic mass is 9.95. The summed E-state index contributed by atoms with van der Waals surface area (Å²) in [5, 5.41) is 0. The Kier molecular flexibility index (Phi) is 5.82. The first-order valence-corrected chi connectivity index (χ1v) is 9.20. The molecule has 0 radical (unpaired) electrons. The predicted octanol–water partition coefficient (Wildman–Crippen LogP) is 2.87. The van der Waals surface area contributed by atoms with E-state index in [1.165, 1.54) is 12.1 Å². The van der Waals surface area contributed by atoms with Crippen molar-refractivity contribution in [3.63, 3.8) is 0 Å². The van der Waals surface area contributed by atoms with Gasteiger partial charge in [0, 0.05) is 0 Å². The molecule has 28 heavy (non-hydrogen) atoms. The number of amides is 2. The standard InChI is InChI=1S/C21H23FN2O4/c1-3-27-17-8-10-18(11-9-17)28-14(2)19(25)23-24-20(26)21(12-13-21)15-4-6-16(22)7-5-15/h4-11,14H,3,12-13H2,1-2H3,(H,23,25)(H,24,26). The van der Waals surface area contributed by atoms with Crippen LogP contribution in [0.5, 0.6) is 11.5 Å². The number of hydrogen-bond acceptors (Lipinski definition) is 4. The topological polar surface area (TPSA) is 76.7 Å². The lowest BCUT2D eigenvalue weighted by molar-refractivity contribution is -0.133. The summed E-state index contributed by atoms with van der Waals surface area (Å²) >= 11 is 0. The van der Waals surface area contributed by atoms with Gasteiger partial charge in [0.05, 0.1) is 12.0 Å². The molecule has 2 N–H and O–H groups in total. The van der Waals surface area contributed by atoms with Crippen molar-refractivity contribution in [3.8, 4) is 11.5 Å². The average Bonchev–Trinajstić information content (AvgIpc) is 3.50. The van der Waals surface area contributed by atoms with Crippen LogP contribution in [0.25, 0.3) is 0 Å². The zero-order chi connectivity index (χ0) is 20.1. The normalized spacial score (nSPS) is 15.2. The third kappa shape index (κ3) is 4.42. The molecule has 0 aromatic heterocycles. The van der Waals surface area contributed by atoms with E-state index >= 15 is 0 Å². The molecule has 2 aromatic carbocycles. The lowest BCUT2D eigenvalue weighted by Crippen LogP contribution is -2.50. The van der Waals surface area contributed by atoms with E-state index in [1.54, 1.807) is 43.3 Å². The van der Waals surface area contributed by atoms with E-state index in [9.17, 15) is 14.0 Å². The first kappa shape index (κ1) is 19.7. The van der Waals surface area contributed by atoms with E-state index in [-0.39, 0.29) is 11.7 Å². The highest BCUT2D eigenvalue weighted by Gasteiger charge is 2.51. The number of hydrazine groups is 1. The minimum Gasteiger partial charge on any atom is -0.494 e. The second-order valence-corrected chi connectivity index (χ2v) is 6.70. The van der Waals surface area contributed by atoms with Crippen molar-refractivity contribution >= 4 is 11.8 Å². The molecule has 3 rings (SSSR count). The highest BCUT2D eigenvalue weighted by Crippen LogP contribution is 2.48. The van der Waals surface area contributed by atoms with Crippen molar-refractivity contribution in [2.45, 2.75) is 38.2 Å². The maximum absolute atomic E-state index is 13.1. The van der Waals surface area contributed by atoms with E-state index in [1.807, 2.05) is 6.92 Å².